The van der Waals surface area contributed by atoms with Crippen LogP contribution in [0.5, 0.6) is 0 Å². The van der Waals surface area contributed by atoms with Gasteiger partial charge in [-0.15, -0.1) is 11.3 Å². The van der Waals surface area contributed by atoms with Gasteiger partial charge >= 0.3 is 0 Å². The molecule has 2 rings (SSSR count). The molecule has 0 aliphatic heterocycles. The number of carbonyl (C=O) groups excluding carboxylic acids is 1. The second-order valence-corrected chi connectivity index (χ2v) is 10.1. The Balaban J connectivity index is 1.83. The van der Waals surface area contributed by atoms with Crippen LogP contribution >= 0.6 is 22.9 Å². The summed E-state index contributed by atoms with van der Waals surface area (Å²) >= 11 is 7.35. The Hall–Kier alpha value is -1.28. The maximum absolute atomic E-state index is 12.2. The number of ketones is 1. The molecule has 1 heterocycles. The molecule has 8 heteroatoms. The number of Topliss-reactive ketones (excluding diaryl/α,β-unsaturated/α-hetero) is 1. The fourth-order valence-electron chi connectivity index (χ4n) is 2.41. The van der Waals surface area contributed by atoms with E-state index in [4.69, 9.17) is 11.6 Å². The highest BCUT2D eigenvalue weighted by Gasteiger charge is 2.24. The molecule has 0 spiro atoms. The molecule has 1 aromatic heterocycles. The standard InChI is InChI=1S/C18H23ClN2O3S2/c1-21(2)26(23,24)13-15(22)17-18(19)25-16(20-17)12-8-4-7-11-14-9-5-3-6-10-14/h3,5-6,9-10H,4,7-8,11-13H2,1-2H3. The van der Waals surface area contributed by atoms with Crippen LogP contribution in [-0.2, 0) is 22.9 Å². The number of aromatic nitrogens is 1. The molecule has 0 N–H and O–H groups in total. The zero-order valence-corrected chi connectivity index (χ0v) is 17.3. The van der Waals surface area contributed by atoms with Gasteiger partial charge in [-0.2, -0.15) is 0 Å². The van der Waals surface area contributed by atoms with Crippen LogP contribution in [0.2, 0.25) is 4.34 Å². The van der Waals surface area contributed by atoms with E-state index in [-0.39, 0.29) is 10.0 Å². The number of thiazole rings is 1. The first-order chi connectivity index (χ1) is 12.3. The van der Waals surface area contributed by atoms with E-state index >= 15 is 0 Å². The summed E-state index contributed by atoms with van der Waals surface area (Å²) in [5, 5.41) is 0.778. The van der Waals surface area contributed by atoms with Gasteiger partial charge in [-0.3, -0.25) is 4.79 Å². The van der Waals surface area contributed by atoms with Crippen molar-refractivity contribution in [2.75, 3.05) is 19.8 Å². The Labute approximate surface area is 164 Å². The minimum atomic E-state index is -3.61. The van der Waals surface area contributed by atoms with Crippen LogP contribution in [0.3, 0.4) is 0 Å². The number of halogens is 1. The van der Waals surface area contributed by atoms with Crippen LogP contribution in [-0.4, -0.2) is 43.3 Å². The van der Waals surface area contributed by atoms with Gasteiger partial charge < -0.3 is 0 Å². The van der Waals surface area contributed by atoms with E-state index in [0.717, 1.165) is 41.4 Å². The van der Waals surface area contributed by atoms with Crippen molar-refractivity contribution in [2.24, 2.45) is 0 Å². The van der Waals surface area contributed by atoms with Gasteiger partial charge in [0.15, 0.2) is 5.78 Å². The number of nitrogens with zero attached hydrogens (tertiary/aromatic N) is 2. The largest absolute Gasteiger partial charge is 0.291 e. The van der Waals surface area contributed by atoms with Gasteiger partial charge in [0, 0.05) is 14.1 Å². The average molecular weight is 415 g/mol. The lowest BCUT2D eigenvalue weighted by Crippen LogP contribution is -2.29. The minimum absolute atomic E-state index is 0.0707. The zero-order chi connectivity index (χ0) is 19.2. The molecule has 0 amide bonds. The quantitative estimate of drug-likeness (QED) is 0.437. The average Bonchev–Trinajstić information content (AvgIpc) is 2.96. The summed E-state index contributed by atoms with van der Waals surface area (Å²) in [7, 11) is -0.824. The second-order valence-electron chi connectivity index (χ2n) is 6.24. The van der Waals surface area contributed by atoms with Crippen LogP contribution in [0.15, 0.2) is 30.3 Å². The number of rotatable bonds is 10. The predicted molar refractivity (Wildman–Crippen MR) is 107 cm³/mol. The third-order valence-electron chi connectivity index (χ3n) is 3.96. The summed E-state index contributed by atoms with van der Waals surface area (Å²) in [6.07, 6.45) is 4.90. The summed E-state index contributed by atoms with van der Waals surface area (Å²) in [6.45, 7) is 0. The van der Waals surface area contributed by atoms with Crippen LogP contribution in [0.4, 0.5) is 0 Å². The van der Waals surface area contributed by atoms with E-state index in [1.165, 1.54) is 31.0 Å². The van der Waals surface area contributed by atoms with Crippen molar-refractivity contribution in [1.29, 1.82) is 0 Å². The fourth-order valence-corrected chi connectivity index (χ4v) is 4.40. The molecule has 5 nitrogen and oxygen atoms in total. The fraction of sp³-hybridized carbons (Fsp3) is 0.444. The number of benzene rings is 1. The van der Waals surface area contributed by atoms with Gasteiger partial charge in [0.05, 0.1) is 5.01 Å². The third-order valence-corrected chi connectivity index (χ3v) is 7.02. The Morgan fingerprint density at radius 2 is 1.77 bits per heavy atom. The molecule has 0 aliphatic rings. The van der Waals surface area contributed by atoms with Gasteiger partial charge in [0.25, 0.3) is 0 Å². The number of carbonyl (C=O) groups is 1. The Bertz CT molecular complexity index is 833. The van der Waals surface area contributed by atoms with Crippen molar-refractivity contribution in [2.45, 2.75) is 32.1 Å². The van der Waals surface area contributed by atoms with Crippen molar-refractivity contribution < 1.29 is 13.2 Å². The van der Waals surface area contributed by atoms with E-state index in [1.807, 2.05) is 18.2 Å². The summed E-state index contributed by atoms with van der Waals surface area (Å²) in [5.74, 6) is -1.17. The molecule has 26 heavy (non-hydrogen) atoms. The van der Waals surface area contributed by atoms with Gasteiger partial charge in [-0.25, -0.2) is 17.7 Å². The van der Waals surface area contributed by atoms with Gasteiger partial charge in [-0.05, 0) is 31.2 Å². The number of sulfonamides is 1. The molecule has 1 aromatic carbocycles. The molecule has 0 atom stereocenters. The minimum Gasteiger partial charge on any atom is -0.291 e. The molecule has 0 bridgehead atoms. The van der Waals surface area contributed by atoms with Crippen LogP contribution in [0, 0.1) is 0 Å². The Kier molecular flexibility index (Phi) is 7.76. The summed E-state index contributed by atoms with van der Waals surface area (Å²) in [5.41, 5.74) is 1.40. The topological polar surface area (TPSA) is 67.3 Å². The van der Waals surface area contributed by atoms with E-state index < -0.39 is 21.6 Å². The Morgan fingerprint density at radius 3 is 2.42 bits per heavy atom. The van der Waals surface area contributed by atoms with Crippen molar-refractivity contribution in [3.63, 3.8) is 0 Å². The van der Waals surface area contributed by atoms with Crippen LogP contribution in [0.1, 0.15) is 40.3 Å². The molecule has 142 valence electrons. The molecular formula is C18H23ClN2O3S2. The number of unbranched alkanes of at least 4 members (excludes halogenated alkanes) is 2. The van der Waals surface area contributed by atoms with Crippen LogP contribution in [0.25, 0.3) is 0 Å². The SMILES string of the molecule is CN(C)S(=O)(=O)CC(=O)c1nc(CCCCCc2ccccc2)sc1Cl. The maximum atomic E-state index is 12.2. The lowest BCUT2D eigenvalue weighted by atomic mass is 10.1. The number of aryl methyl sites for hydroxylation is 2. The van der Waals surface area contributed by atoms with E-state index in [9.17, 15) is 13.2 Å². The highest BCUT2D eigenvalue weighted by Crippen LogP contribution is 2.26. The van der Waals surface area contributed by atoms with Crippen molar-refractivity contribution in [3.05, 3.63) is 50.9 Å². The highest BCUT2D eigenvalue weighted by atomic mass is 35.5. The van der Waals surface area contributed by atoms with Crippen LogP contribution < -0.4 is 0 Å². The summed E-state index contributed by atoms with van der Waals surface area (Å²) < 4.78 is 25.0. The molecule has 0 saturated carbocycles. The predicted octanol–water partition coefficient (Wildman–Crippen LogP) is 3.83. The van der Waals surface area contributed by atoms with Gasteiger partial charge in [-0.1, -0.05) is 48.4 Å². The molecule has 0 aliphatic carbocycles. The number of hydrogen-bond acceptors (Lipinski definition) is 5. The van der Waals surface area contributed by atoms with Gasteiger partial charge in [0.1, 0.15) is 15.8 Å². The Morgan fingerprint density at radius 1 is 1.12 bits per heavy atom. The molecule has 0 radical (unpaired) electrons. The van der Waals surface area contributed by atoms with Crippen molar-refractivity contribution in [3.8, 4) is 0 Å². The molecule has 0 saturated heterocycles. The smallest absolute Gasteiger partial charge is 0.221 e. The lowest BCUT2D eigenvalue weighted by Gasteiger charge is -2.09. The monoisotopic (exact) mass is 414 g/mol. The maximum Gasteiger partial charge on any atom is 0.221 e. The molecular weight excluding hydrogens is 392 g/mol. The molecule has 0 unspecified atom stereocenters. The normalized spacial score (nSPS) is 11.8. The first-order valence-electron chi connectivity index (χ1n) is 8.42. The summed E-state index contributed by atoms with van der Waals surface area (Å²) in [4.78, 5) is 16.4. The first-order valence-corrected chi connectivity index (χ1v) is 11.2. The highest BCUT2D eigenvalue weighted by molar-refractivity contribution is 7.89. The van der Waals surface area contributed by atoms with Crippen molar-refractivity contribution in [1.82, 2.24) is 9.29 Å². The third kappa shape index (κ3) is 6.16. The van der Waals surface area contributed by atoms with E-state index in [1.54, 1.807) is 0 Å². The lowest BCUT2D eigenvalue weighted by molar-refractivity contribution is 0.101. The van der Waals surface area contributed by atoms with E-state index in [2.05, 4.69) is 17.1 Å². The first kappa shape index (κ1) is 21.0. The van der Waals surface area contributed by atoms with E-state index in [0.29, 0.717) is 0 Å². The van der Waals surface area contributed by atoms with Gasteiger partial charge in [0.2, 0.25) is 10.0 Å². The van der Waals surface area contributed by atoms with Crippen molar-refractivity contribution >= 4 is 38.7 Å². The zero-order valence-electron chi connectivity index (χ0n) is 14.9. The molecule has 0 fully saturated rings. The number of hydrogen-bond donors (Lipinski definition) is 0. The summed E-state index contributed by atoms with van der Waals surface area (Å²) in [6, 6.07) is 10.3. The second kappa shape index (κ2) is 9.60. The molecule has 2 aromatic rings.